The van der Waals surface area contributed by atoms with Crippen LogP contribution in [0, 0.1) is 0 Å². The second-order valence-electron chi connectivity index (χ2n) is 2.54. The highest BCUT2D eigenvalue weighted by Gasteiger charge is 1.99. The minimum Gasteiger partial charge on any atom is -0.412 e. The number of hydrogen-bond donors (Lipinski definition) is 1. The van der Waals surface area contributed by atoms with Gasteiger partial charge in [0.1, 0.15) is 0 Å². The summed E-state index contributed by atoms with van der Waals surface area (Å²) in [6.45, 7) is 0. The van der Waals surface area contributed by atoms with E-state index in [1.165, 1.54) is 10.2 Å². The number of thiazole rings is 1. The molecule has 1 heterocycles. The average molecular weight is 234 g/mol. The monoisotopic (exact) mass is 233 g/mol. The Morgan fingerprint density at radius 3 is 2.57 bits per heavy atom. The fourth-order valence-corrected chi connectivity index (χ4v) is 2.14. The van der Waals surface area contributed by atoms with Crippen molar-refractivity contribution < 1.29 is 5.48 Å². The minimum atomic E-state index is 0. The molecule has 4 N–H and O–H groups in total. The molecule has 0 fully saturated rings. The highest BCUT2D eigenvalue weighted by Crippen LogP contribution is 2.14. The summed E-state index contributed by atoms with van der Waals surface area (Å²) in [5.41, 5.74) is 1.17. The van der Waals surface area contributed by atoms with Crippen molar-refractivity contribution >= 4 is 34.0 Å². The summed E-state index contributed by atoms with van der Waals surface area (Å²) in [6.07, 6.45) is 0. The number of hydrogen-bond acceptors (Lipinski definition) is 3. The molecule has 2 aromatic rings. The van der Waals surface area contributed by atoms with Crippen molar-refractivity contribution in [1.29, 1.82) is 0 Å². The van der Waals surface area contributed by atoms with Crippen molar-refractivity contribution in [2.24, 2.45) is 18.0 Å². The summed E-state index contributed by atoms with van der Waals surface area (Å²) in [6, 6.07) is 8.14. The van der Waals surface area contributed by atoms with Gasteiger partial charge < -0.3 is 15.9 Å². The molecule has 0 saturated heterocycles. The van der Waals surface area contributed by atoms with Crippen LogP contribution in [0.25, 0.3) is 10.2 Å². The van der Waals surface area contributed by atoms with Gasteiger partial charge in [0, 0.05) is 7.05 Å². The van der Waals surface area contributed by atoms with E-state index in [4.69, 9.17) is 5.84 Å². The Morgan fingerprint density at radius 2 is 2.00 bits per heavy atom. The topological polar surface area (TPSA) is 74.8 Å². The molecule has 4 nitrogen and oxygen atoms in total. The fourth-order valence-electron chi connectivity index (χ4n) is 1.20. The van der Waals surface area contributed by atoms with Crippen molar-refractivity contribution in [1.82, 2.24) is 4.57 Å². The van der Waals surface area contributed by atoms with Gasteiger partial charge in [-0.05, 0) is 12.1 Å². The molecule has 0 aliphatic heterocycles. The van der Waals surface area contributed by atoms with Gasteiger partial charge in [-0.2, -0.15) is 5.10 Å². The SMILES string of the molecule is Cl.Cn1/c(=N\N)sc2ccccc21.O. The first kappa shape index (κ1) is 13.0. The van der Waals surface area contributed by atoms with Crippen LogP contribution in [-0.2, 0) is 7.05 Å². The number of aromatic nitrogens is 1. The number of fused-ring (bicyclic) bond motifs is 1. The Kier molecular flexibility index (Phi) is 4.62. The molecule has 6 heteroatoms. The van der Waals surface area contributed by atoms with Gasteiger partial charge in [-0.1, -0.05) is 23.5 Å². The zero-order chi connectivity index (χ0) is 8.55. The van der Waals surface area contributed by atoms with E-state index in [0.29, 0.717) is 0 Å². The smallest absolute Gasteiger partial charge is 0.208 e. The van der Waals surface area contributed by atoms with Crippen LogP contribution in [0.3, 0.4) is 0 Å². The second-order valence-corrected chi connectivity index (χ2v) is 3.55. The molecule has 0 aliphatic carbocycles. The Morgan fingerprint density at radius 1 is 1.36 bits per heavy atom. The van der Waals surface area contributed by atoms with E-state index in [0.717, 1.165) is 4.80 Å². The van der Waals surface area contributed by atoms with Crippen LogP contribution in [-0.4, -0.2) is 10.0 Å². The highest BCUT2D eigenvalue weighted by atomic mass is 35.5. The Hall–Kier alpha value is -1.04. The molecule has 0 radical (unpaired) electrons. The third-order valence-corrected chi connectivity index (χ3v) is 2.95. The number of para-hydroxylation sites is 1. The summed E-state index contributed by atoms with van der Waals surface area (Å²) >= 11 is 1.60. The summed E-state index contributed by atoms with van der Waals surface area (Å²) in [4.78, 5) is 0.844. The van der Waals surface area contributed by atoms with Crippen molar-refractivity contribution in [3.05, 3.63) is 29.1 Å². The zero-order valence-electron chi connectivity index (χ0n) is 7.60. The van der Waals surface area contributed by atoms with E-state index in [9.17, 15) is 0 Å². The van der Waals surface area contributed by atoms with Crippen LogP contribution in [0.1, 0.15) is 0 Å². The Balaban J connectivity index is 0.000000845. The first-order valence-corrected chi connectivity index (χ1v) is 4.43. The quantitative estimate of drug-likeness (QED) is 0.526. The third-order valence-electron chi connectivity index (χ3n) is 1.83. The molecule has 0 unspecified atom stereocenters. The Bertz CT molecular complexity index is 477. The molecule has 2 rings (SSSR count). The Labute approximate surface area is 91.4 Å². The van der Waals surface area contributed by atoms with E-state index < -0.39 is 0 Å². The average Bonchev–Trinajstić information content (AvgIpc) is 2.44. The molecule has 78 valence electrons. The minimum absolute atomic E-state index is 0. The lowest BCUT2D eigenvalue weighted by molar-refractivity contribution is 0.824. The molecule has 1 aromatic carbocycles. The van der Waals surface area contributed by atoms with Crippen LogP contribution in [0.15, 0.2) is 29.4 Å². The maximum absolute atomic E-state index is 5.23. The van der Waals surface area contributed by atoms with Gasteiger partial charge in [0.2, 0.25) is 4.80 Å². The van der Waals surface area contributed by atoms with Crippen molar-refractivity contribution in [2.75, 3.05) is 0 Å². The molecule has 0 amide bonds. The number of rotatable bonds is 0. The van der Waals surface area contributed by atoms with E-state index >= 15 is 0 Å². The summed E-state index contributed by atoms with van der Waals surface area (Å²) in [7, 11) is 1.96. The normalized spacial score (nSPS) is 10.8. The maximum atomic E-state index is 5.23. The lowest BCUT2D eigenvalue weighted by Crippen LogP contribution is -2.11. The third kappa shape index (κ3) is 1.89. The number of nitrogens with two attached hydrogens (primary N) is 1. The first-order chi connectivity index (χ1) is 5.83. The molecular formula is C8H12ClN3OS. The molecule has 14 heavy (non-hydrogen) atoms. The molecule has 0 spiro atoms. The predicted molar refractivity (Wildman–Crippen MR) is 61.4 cm³/mol. The molecule has 0 saturated carbocycles. The maximum Gasteiger partial charge on any atom is 0.208 e. The van der Waals surface area contributed by atoms with Crippen molar-refractivity contribution in [3.8, 4) is 0 Å². The van der Waals surface area contributed by atoms with Gasteiger partial charge in [0.05, 0.1) is 10.2 Å². The van der Waals surface area contributed by atoms with Crippen LogP contribution in [0.5, 0.6) is 0 Å². The van der Waals surface area contributed by atoms with Crippen LogP contribution >= 0.6 is 23.7 Å². The fraction of sp³-hybridized carbons (Fsp3) is 0.125. The summed E-state index contributed by atoms with van der Waals surface area (Å²) < 4.78 is 3.20. The number of nitrogens with zero attached hydrogens (tertiary/aromatic N) is 2. The lowest BCUT2D eigenvalue weighted by atomic mass is 10.3. The van der Waals surface area contributed by atoms with Gasteiger partial charge in [-0.25, -0.2) is 0 Å². The molecule has 1 aromatic heterocycles. The number of benzene rings is 1. The van der Waals surface area contributed by atoms with Gasteiger partial charge in [0.15, 0.2) is 0 Å². The van der Waals surface area contributed by atoms with Crippen LogP contribution < -0.4 is 10.6 Å². The first-order valence-electron chi connectivity index (χ1n) is 3.61. The molecule has 0 aliphatic rings. The van der Waals surface area contributed by atoms with Gasteiger partial charge in [-0.15, -0.1) is 12.4 Å². The largest absolute Gasteiger partial charge is 0.412 e. The van der Waals surface area contributed by atoms with Gasteiger partial charge in [-0.3, -0.25) is 0 Å². The lowest BCUT2D eigenvalue weighted by Gasteiger charge is -1.91. The van der Waals surface area contributed by atoms with Gasteiger partial charge >= 0.3 is 0 Å². The van der Waals surface area contributed by atoms with Crippen LogP contribution in [0.2, 0.25) is 0 Å². The van der Waals surface area contributed by atoms with Gasteiger partial charge in [0.25, 0.3) is 0 Å². The molecule has 0 bridgehead atoms. The van der Waals surface area contributed by atoms with Crippen molar-refractivity contribution in [2.45, 2.75) is 0 Å². The molecule has 0 atom stereocenters. The zero-order valence-corrected chi connectivity index (χ0v) is 9.23. The summed E-state index contributed by atoms with van der Waals surface area (Å²) in [5.74, 6) is 5.23. The van der Waals surface area contributed by atoms with E-state index in [-0.39, 0.29) is 17.9 Å². The highest BCUT2D eigenvalue weighted by molar-refractivity contribution is 7.16. The van der Waals surface area contributed by atoms with Crippen LogP contribution in [0.4, 0.5) is 0 Å². The second kappa shape index (κ2) is 4.99. The number of halogens is 1. The molecular weight excluding hydrogens is 222 g/mol. The standard InChI is InChI=1S/C8H9N3S.ClH.H2O/c1-11-6-4-2-3-5-7(6)12-8(11)10-9;;/h2-5H,9H2,1H3;1H;1H2/b10-8+;;. The predicted octanol–water partition coefficient (Wildman–Crippen LogP) is 0.611. The van der Waals surface area contributed by atoms with E-state index in [1.807, 2.05) is 23.7 Å². The number of aryl methyl sites for hydroxylation is 1. The van der Waals surface area contributed by atoms with E-state index in [2.05, 4.69) is 17.2 Å². The summed E-state index contributed by atoms with van der Waals surface area (Å²) in [5, 5.41) is 3.69. The van der Waals surface area contributed by atoms with E-state index in [1.54, 1.807) is 11.3 Å². The van der Waals surface area contributed by atoms with Crippen molar-refractivity contribution in [3.63, 3.8) is 0 Å².